The van der Waals surface area contributed by atoms with E-state index in [0.717, 1.165) is 11.8 Å². The predicted octanol–water partition coefficient (Wildman–Crippen LogP) is -2.08. The molecule has 0 saturated carbocycles. The smallest absolute Gasteiger partial charge is 0.550 e. The van der Waals surface area contributed by atoms with Crippen molar-refractivity contribution in [2.24, 2.45) is 0 Å². The Labute approximate surface area is 137 Å². The summed E-state index contributed by atoms with van der Waals surface area (Å²) in [6.45, 7) is 1.80. The fraction of sp³-hybridized carbons (Fsp3) is 0.571. The molecule has 0 bridgehead atoms. The largest absolute Gasteiger partial charge is 2.00 e. The van der Waals surface area contributed by atoms with Crippen LogP contribution in [0, 0.1) is 0 Å². The van der Waals surface area contributed by atoms with E-state index in [4.69, 9.17) is 0 Å². The van der Waals surface area contributed by atoms with Gasteiger partial charge in [0.25, 0.3) is 0 Å². The van der Waals surface area contributed by atoms with Gasteiger partial charge in [-0.3, -0.25) is 0 Å². The van der Waals surface area contributed by atoms with Crippen LogP contribution in [0.1, 0.15) is 13.3 Å². The first-order valence-corrected chi connectivity index (χ1v) is 5.10. The fourth-order valence-corrected chi connectivity index (χ4v) is 1.48. The number of thioether (sulfide) groups is 1. The van der Waals surface area contributed by atoms with Crippen LogP contribution < -0.4 is 10.2 Å². The third-order valence-corrected chi connectivity index (χ3v) is 2.19. The zero-order valence-corrected chi connectivity index (χ0v) is 14.1. The number of rotatable bonds is 5. The fourth-order valence-electron chi connectivity index (χ4n) is 0.593. The van der Waals surface area contributed by atoms with Crippen molar-refractivity contribution in [2.45, 2.75) is 19.4 Å². The molecule has 5 nitrogen and oxygen atoms in total. The van der Waals surface area contributed by atoms with Gasteiger partial charge in [-0.15, -0.1) is 0 Å². The third kappa shape index (κ3) is 9.67. The molecule has 1 atom stereocenters. The van der Waals surface area contributed by atoms with Crippen molar-refractivity contribution in [3.05, 3.63) is 0 Å². The Balaban J connectivity index is 0. The number of ether oxygens (including phenoxy) is 1. The molecule has 0 amide bonds. The Morgan fingerprint density at radius 1 is 1.47 bits per heavy atom. The Morgan fingerprint density at radius 2 is 2.00 bits per heavy atom. The van der Waals surface area contributed by atoms with Gasteiger partial charge >= 0.3 is 48.9 Å². The first-order valence-electron chi connectivity index (χ1n) is 3.71. The van der Waals surface area contributed by atoms with Gasteiger partial charge in [0.15, 0.2) is 0 Å². The first kappa shape index (κ1) is 18.1. The molecule has 0 aliphatic rings. The third-order valence-electron chi connectivity index (χ3n) is 1.12. The molecule has 0 aliphatic carbocycles. The molecule has 0 aromatic rings. The average molecular weight is 374 g/mol. The summed E-state index contributed by atoms with van der Waals surface area (Å²) in [5.41, 5.74) is 0. The van der Waals surface area contributed by atoms with Crippen molar-refractivity contribution in [2.75, 3.05) is 5.75 Å². The number of aliphatic carboxylic acids is 2. The van der Waals surface area contributed by atoms with Crippen LogP contribution in [0.4, 0.5) is 0 Å². The molecule has 0 heterocycles. The van der Waals surface area contributed by atoms with Gasteiger partial charge < -0.3 is 24.5 Å². The second-order valence-electron chi connectivity index (χ2n) is 2.18. The van der Waals surface area contributed by atoms with Crippen molar-refractivity contribution in [3.63, 3.8) is 0 Å². The topological polar surface area (TPSA) is 89.5 Å². The molecule has 0 aromatic carbocycles. The SMILES string of the molecule is CCSC(=S)O[C@H](CC(=O)[O-])C(=O)[O-].[Ba+2]. The van der Waals surface area contributed by atoms with Crippen LogP contribution >= 0.6 is 24.0 Å². The van der Waals surface area contributed by atoms with E-state index < -0.39 is 24.5 Å². The molecule has 8 heteroatoms. The molecule has 0 radical (unpaired) electrons. The summed E-state index contributed by atoms with van der Waals surface area (Å²) in [5, 5.41) is 20.5. The minimum absolute atomic E-state index is 0. The normalized spacial score (nSPS) is 11.0. The quantitative estimate of drug-likeness (QED) is 0.403. The van der Waals surface area contributed by atoms with E-state index in [2.05, 4.69) is 17.0 Å². The Morgan fingerprint density at radius 3 is 2.33 bits per heavy atom. The molecule has 0 N–H and O–H groups in total. The van der Waals surface area contributed by atoms with Crippen LogP contribution in [0.15, 0.2) is 0 Å². The Hall–Kier alpha value is 0.751. The van der Waals surface area contributed by atoms with E-state index in [1.54, 1.807) is 6.92 Å². The number of carboxylic acids is 2. The molecular formula is C7H8BaO5S2. The van der Waals surface area contributed by atoms with Gasteiger partial charge in [-0.05, 0) is 18.0 Å². The molecule has 0 fully saturated rings. The summed E-state index contributed by atoms with van der Waals surface area (Å²) in [6, 6.07) is 0. The van der Waals surface area contributed by atoms with E-state index in [9.17, 15) is 19.8 Å². The maximum absolute atomic E-state index is 10.4. The summed E-state index contributed by atoms with van der Waals surface area (Å²) in [7, 11) is 0. The number of carbonyl (C=O) groups excluding carboxylic acids is 2. The van der Waals surface area contributed by atoms with Crippen molar-refractivity contribution in [1.82, 2.24) is 0 Å². The van der Waals surface area contributed by atoms with E-state index in [0.29, 0.717) is 5.75 Å². The van der Waals surface area contributed by atoms with Crippen LogP contribution in [0.25, 0.3) is 0 Å². The van der Waals surface area contributed by atoms with Gasteiger partial charge in [-0.1, -0.05) is 18.7 Å². The number of thiocarbonyl (C=S) groups is 1. The molecule has 0 saturated heterocycles. The van der Waals surface area contributed by atoms with E-state index in [-0.39, 0.29) is 53.3 Å². The molecular weight excluding hydrogens is 366 g/mol. The minimum Gasteiger partial charge on any atom is -0.550 e. The van der Waals surface area contributed by atoms with Gasteiger partial charge in [0.2, 0.25) is 4.38 Å². The standard InChI is InChI=1S/C7H10O5S2.Ba/c1-2-14-7(13)12-4(6(10)11)3-5(8)9;/h4H,2-3H2,1H3,(H,8,9)(H,10,11);/q;+2/p-2/t4-;/m1./s1. The Bertz CT molecular complexity index is 246. The second-order valence-corrected chi connectivity index (χ2v) is 4.05. The number of carbonyl (C=O) groups is 2. The van der Waals surface area contributed by atoms with Crippen LogP contribution in [0.3, 0.4) is 0 Å². The van der Waals surface area contributed by atoms with Crippen molar-refractivity contribution >= 4 is 89.2 Å². The maximum Gasteiger partial charge on any atom is 2.00 e. The molecule has 0 aliphatic heterocycles. The number of hydrogen-bond acceptors (Lipinski definition) is 7. The average Bonchev–Trinajstić information content (AvgIpc) is 2.02. The molecule has 15 heavy (non-hydrogen) atoms. The van der Waals surface area contributed by atoms with Crippen molar-refractivity contribution in [1.29, 1.82) is 0 Å². The van der Waals surface area contributed by atoms with Crippen LogP contribution in [-0.2, 0) is 14.3 Å². The summed E-state index contributed by atoms with van der Waals surface area (Å²) in [6.07, 6.45) is -2.35. The molecule has 0 rings (SSSR count). The molecule has 80 valence electrons. The van der Waals surface area contributed by atoms with Gasteiger partial charge in [0.05, 0.1) is 5.97 Å². The maximum atomic E-state index is 10.4. The van der Waals surface area contributed by atoms with Gasteiger partial charge in [-0.25, -0.2) is 0 Å². The second kappa shape index (κ2) is 9.94. The zero-order valence-electron chi connectivity index (χ0n) is 8.06. The summed E-state index contributed by atoms with van der Waals surface area (Å²) in [4.78, 5) is 20.5. The predicted molar refractivity (Wildman–Crippen MR) is 56.0 cm³/mol. The van der Waals surface area contributed by atoms with Gasteiger partial charge in [-0.2, -0.15) is 0 Å². The van der Waals surface area contributed by atoms with E-state index in [1.165, 1.54) is 0 Å². The summed E-state index contributed by atoms with van der Waals surface area (Å²) in [5.74, 6) is -2.53. The number of carboxylic acid groups (broad SMARTS) is 2. The number of hydrogen-bond donors (Lipinski definition) is 0. The van der Waals surface area contributed by atoms with Crippen LogP contribution in [-0.4, -0.2) is 77.1 Å². The van der Waals surface area contributed by atoms with Crippen molar-refractivity contribution in [3.8, 4) is 0 Å². The zero-order chi connectivity index (χ0) is 11.1. The monoisotopic (exact) mass is 374 g/mol. The first-order chi connectivity index (χ1) is 6.47. The minimum atomic E-state index is -1.62. The van der Waals surface area contributed by atoms with Gasteiger partial charge in [0.1, 0.15) is 6.10 Å². The molecule has 0 spiro atoms. The summed E-state index contributed by atoms with van der Waals surface area (Å²) < 4.78 is 4.66. The van der Waals surface area contributed by atoms with E-state index >= 15 is 0 Å². The van der Waals surface area contributed by atoms with Crippen LogP contribution in [0.5, 0.6) is 0 Å². The summed E-state index contributed by atoms with van der Waals surface area (Å²) >= 11 is 5.75. The van der Waals surface area contributed by atoms with E-state index in [1.807, 2.05) is 0 Å². The molecule has 0 unspecified atom stereocenters. The Kier molecular flexibility index (Phi) is 12.0. The molecule has 0 aromatic heterocycles. The van der Waals surface area contributed by atoms with Crippen LogP contribution in [0.2, 0.25) is 0 Å². The van der Waals surface area contributed by atoms with Crippen molar-refractivity contribution < 1.29 is 24.5 Å². The van der Waals surface area contributed by atoms with Gasteiger partial charge in [0, 0.05) is 12.4 Å².